The predicted octanol–water partition coefficient (Wildman–Crippen LogP) is 2.98. The van der Waals surface area contributed by atoms with E-state index < -0.39 is 0 Å². The molecule has 0 unspecified atom stereocenters. The van der Waals surface area contributed by atoms with Crippen LogP contribution in [0.4, 0.5) is 0 Å². The molecule has 1 fully saturated rings. The fourth-order valence-corrected chi connectivity index (χ4v) is 2.48. The van der Waals surface area contributed by atoms with Crippen molar-refractivity contribution in [1.82, 2.24) is 9.88 Å². The Labute approximate surface area is 125 Å². The predicted molar refractivity (Wildman–Crippen MR) is 83.5 cm³/mol. The number of ether oxygens (including phenoxy) is 1. The van der Waals surface area contributed by atoms with Gasteiger partial charge in [0.1, 0.15) is 5.75 Å². The molecule has 0 bridgehead atoms. The number of carbonyl (C=O) groups is 1. The number of aromatic nitrogens is 1. The fraction of sp³-hybridized carbons (Fsp3) is 0.471. The lowest BCUT2D eigenvalue weighted by atomic mass is 10.1. The van der Waals surface area contributed by atoms with Crippen molar-refractivity contribution in [2.45, 2.75) is 26.2 Å². The zero-order valence-electron chi connectivity index (χ0n) is 12.7. The maximum absolute atomic E-state index is 11.9. The van der Waals surface area contributed by atoms with Crippen molar-refractivity contribution in [2.75, 3.05) is 20.1 Å². The molecule has 0 spiro atoms. The minimum absolute atomic E-state index is 0.0830. The van der Waals surface area contributed by atoms with Gasteiger partial charge in [0.2, 0.25) is 0 Å². The van der Waals surface area contributed by atoms with Gasteiger partial charge in [0, 0.05) is 23.6 Å². The zero-order chi connectivity index (χ0) is 14.8. The lowest BCUT2D eigenvalue weighted by molar-refractivity contribution is -0.135. The smallest absolute Gasteiger partial charge is 0.314 e. The summed E-state index contributed by atoms with van der Waals surface area (Å²) in [7, 11) is 2.11. The molecule has 1 aliphatic carbocycles. The van der Waals surface area contributed by atoms with E-state index in [0.29, 0.717) is 5.75 Å². The van der Waals surface area contributed by atoms with Gasteiger partial charge in [-0.2, -0.15) is 0 Å². The number of hydrogen-bond donors (Lipinski definition) is 1. The highest BCUT2D eigenvalue weighted by Crippen LogP contribution is 2.34. The van der Waals surface area contributed by atoms with Gasteiger partial charge in [-0.1, -0.05) is 13.0 Å². The van der Waals surface area contributed by atoms with Gasteiger partial charge in [0.25, 0.3) is 0 Å². The summed E-state index contributed by atoms with van der Waals surface area (Å²) in [4.78, 5) is 17.5. The van der Waals surface area contributed by atoms with E-state index in [1.54, 1.807) is 0 Å². The van der Waals surface area contributed by atoms with Crippen LogP contribution >= 0.6 is 0 Å². The average molecular weight is 286 g/mol. The molecule has 0 amide bonds. The number of benzene rings is 1. The van der Waals surface area contributed by atoms with E-state index in [1.807, 2.05) is 24.4 Å². The maximum atomic E-state index is 11.9. The molecule has 1 heterocycles. The van der Waals surface area contributed by atoms with E-state index in [0.717, 1.165) is 43.3 Å². The third kappa shape index (κ3) is 3.10. The molecular weight excluding hydrogens is 264 g/mol. The minimum Gasteiger partial charge on any atom is -0.426 e. The topological polar surface area (TPSA) is 45.3 Å². The number of esters is 1. The van der Waals surface area contributed by atoms with Crippen molar-refractivity contribution in [2.24, 2.45) is 5.92 Å². The average Bonchev–Trinajstić information content (AvgIpc) is 3.26. The van der Waals surface area contributed by atoms with Gasteiger partial charge in [-0.3, -0.25) is 4.79 Å². The standard InChI is InChI=1S/C17H22N2O2/c1-3-19(2)10-9-13-11-18-14-5-4-6-15(16(13)14)21-17(20)12-7-8-12/h4-6,11-12,18H,3,7-10H2,1-2H3. The number of H-pyrrole nitrogens is 1. The minimum atomic E-state index is -0.0830. The first-order valence-electron chi connectivity index (χ1n) is 7.68. The second-order valence-corrected chi connectivity index (χ2v) is 5.83. The monoisotopic (exact) mass is 286 g/mol. The first-order valence-corrected chi connectivity index (χ1v) is 7.68. The van der Waals surface area contributed by atoms with Gasteiger partial charge < -0.3 is 14.6 Å². The summed E-state index contributed by atoms with van der Waals surface area (Å²) >= 11 is 0. The van der Waals surface area contributed by atoms with Crippen LogP contribution in [0, 0.1) is 5.92 Å². The number of aromatic amines is 1. The Morgan fingerprint density at radius 1 is 1.43 bits per heavy atom. The van der Waals surface area contributed by atoms with Crippen molar-refractivity contribution >= 4 is 16.9 Å². The quantitative estimate of drug-likeness (QED) is 0.656. The molecular formula is C17H22N2O2. The Bertz CT molecular complexity index is 643. The summed E-state index contributed by atoms with van der Waals surface area (Å²) in [5.74, 6) is 0.731. The molecule has 2 aromatic rings. The van der Waals surface area contributed by atoms with Crippen LogP contribution in [0.25, 0.3) is 10.9 Å². The third-order valence-corrected chi connectivity index (χ3v) is 4.17. The van der Waals surface area contributed by atoms with Crippen LogP contribution in [0.1, 0.15) is 25.3 Å². The number of carbonyl (C=O) groups excluding carboxylic acids is 1. The Kier molecular flexibility index (Phi) is 3.97. The molecule has 1 aromatic carbocycles. The largest absolute Gasteiger partial charge is 0.426 e. The molecule has 4 heteroatoms. The van der Waals surface area contributed by atoms with E-state index in [2.05, 4.69) is 23.9 Å². The Hall–Kier alpha value is -1.81. The molecule has 0 atom stereocenters. The summed E-state index contributed by atoms with van der Waals surface area (Å²) in [5.41, 5.74) is 2.25. The normalized spacial score (nSPS) is 14.8. The van der Waals surface area contributed by atoms with Crippen LogP contribution in [0.15, 0.2) is 24.4 Å². The molecule has 4 nitrogen and oxygen atoms in total. The first-order chi connectivity index (χ1) is 10.2. The van der Waals surface area contributed by atoms with E-state index in [-0.39, 0.29) is 11.9 Å². The summed E-state index contributed by atoms with van der Waals surface area (Å²) in [6.45, 7) is 4.18. The highest BCUT2D eigenvalue weighted by Gasteiger charge is 2.32. The van der Waals surface area contributed by atoms with Gasteiger partial charge >= 0.3 is 5.97 Å². The fourth-order valence-electron chi connectivity index (χ4n) is 2.48. The third-order valence-electron chi connectivity index (χ3n) is 4.17. The van der Waals surface area contributed by atoms with Gasteiger partial charge in [0.05, 0.1) is 5.92 Å². The van der Waals surface area contributed by atoms with Gasteiger partial charge in [-0.15, -0.1) is 0 Å². The number of fused-ring (bicyclic) bond motifs is 1. The zero-order valence-corrected chi connectivity index (χ0v) is 12.7. The molecule has 0 aliphatic heterocycles. The van der Waals surface area contributed by atoms with Crippen molar-refractivity contribution in [1.29, 1.82) is 0 Å². The lowest BCUT2D eigenvalue weighted by Crippen LogP contribution is -2.20. The molecule has 3 rings (SSSR count). The number of rotatable bonds is 6. The van der Waals surface area contributed by atoms with Gasteiger partial charge in [-0.05, 0) is 50.6 Å². The van der Waals surface area contributed by atoms with Gasteiger partial charge in [0.15, 0.2) is 0 Å². The van der Waals surface area contributed by atoms with E-state index in [9.17, 15) is 4.79 Å². The number of hydrogen-bond acceptors (Lipinski definition) is 3. The van der Waals surface area contributed by atoms with Crippen molar-refractivity contribution < 1.29 is 9.53 Å². The first kappa shape index (κ1) is 14.1. The molecule has 1 aromatic heterocycles. The van der Waals surface area contributed by atoms with Crippen molar-refractivity contribution in [3.8, 4) is 5.75 Å². The van der Waals surface area contributed by atoms with Gasteiger partial charge in [-0.25, -0.2) is 0 Å². The number of nitrogens with one attached hydrogen (secondary N) is 1. The Balaban J connectivity index is 1.85. The molecule has 1 saturated carbocycles. The maximum Gasteiger partial charge on any atom is 0.314 e. The lowest BCUT2D eigenvalue weighted by Gasteiger charge is -2.13. The van der Waals surface area contributed by atoms with E-state index in [1.165, 1.54) is 5.56 Å². The van der Waals surface area contributed by atoms with Crippen molar-refractivity contribution in [3.63, 3.8) is 0 Å². The summed E-state index contributed by atoms with van der Waals surface area (Å²) in [6.07, 6.45) is 4.91. The Morgan fingerprint density at radius 3 is 2.95 bits per heavy atom. The summed E-state index contributed by atoms with van der Waals surface area (Å²) in [5, 5.41) is 1.05. The van der Waals surface area contributed by atoms with Crippen LogP contribution in [-0.2, 0) is 11.2 Å². The van der Waals surface area contributed by atoms with Crippen LogP contribution < -0.4 is 4.74 Å². The molecule has 0 saturated heterocycles. The number of likely N-dealkylation sites (N-methyl/N-ethyl adjacent to an activating group) is 1. The second-order valence-electron chi connectivity index (χ2n) is 5.83. The van der Waals surface area contributed by atoms with E-state index >= 15 is 0 Å². The van der Waals surface area contributed by atoms with Crippen LogP contribution in [-0.4, -0.2) is 36.0 Å². The van der Waals surface area contributed by atoms with Crippen LogP contribution in [0.3, 0.4) is 0 Å². The Morgan fingerprint density at radius 2 is 2.24 bits per heavy atom. The second kappa shape index (κ2) is 5.90. The summed E-state index contributed by atoms with van der Waals surface area (Å²) in [6, 6.07) is 5.84. The molecule has 1 aliphatic rings. The van der Waals surface area contributed by atoms with Crippen molar-refractivity contribution in [3.05, 3.63) is 30.0 Å². The molecule has 1 N–H and O–H groups in total. The van der Waals surface area contributed by atoms with Crippen LogP contribution in [0.2, 0.25) is 0 Å². The summed E-state index contributed by atoms with van der Waals surface area (Å²) < 4.78 is 5.61. The number of nitrogens with zero attached hydrogens (tertiary/aromatic N) is 1. The van der Waals surface area contributed by atoms with Crippen LogP contribution in [0.5, 0.6) is 5.75 Å². The molecule has 112 valence electrons. The molecule has 0 radical (unpaired) electrons. The van der Waals surface area contributed by atoms with E-state index in [4.69, 9.17) is 4.74 Å². The highest BCUT2D eigenvalue weighted by atomic mass is 16.5. The SMILES string of the molecule is CCN(C)CCc1c[nH]c2cccc(OC(=O)C3CC3)c12. The molecule has 21 heavy (non-hydrogen) atoms. The highest BCUT2D eigenvalue weighted by molar-refractivity contribution is 5.92.